The van der Waals surface area contributed by atoms with E-state index in [0.29, 0.717) is 11.4 Å². The number of carbonyl (C=O) groups is 1. The molecule has 1 aliphatic heterocycles. The number of thioether (sulfide) groups is 1. The number of amidine groups is 1. The van der Waals surface area contributed by atoms with Gasteiger partial charge in [-0.25, -0.2) is 18.6 Å². The van der Waals surface area contributed by atoms with Crippen molar-refractivity contribution in [3.05, 3.63) is 29.6 Å². The van der Waals surface area contributed by atoms with Gasteiger partial charge in [0.1, 0.15) is 12.0 Å². The van der Waals surface area contributed by atoms with Crippen molar-refractivity contribution in [1.82, 2.24) is 4.90 Å². The lowest BCUT2D eigenvalue weighted by atomic mass is 9.81. The summed E-state index contributed by atoms with van der Waals surface area (Å²) in [6, 6.07) is 4.21. The number of fused-ring (bicyclic) bond motifs is 1. The average Bonchev–Trinajstić information content (AvgIpc) is 2.84. The second-order valence-corrected chi connectivity index (χ2v) is 8.88. The third kappa shape index (κ3) is 3.15. The topological polar surface area (TPSA) is 78.9 Å². The fourth-order valence-corrected chi connectivity index (χ4v) is 5.32. The van der Waals surface area contributed by atoms with Crippen molar-refractivity contribution < 1.29 is 18.7 Å². The molecule has 1 aromatic rings. The zero-order chi connectivity index (χ0) is 19.3. The van der Waals surface area contributed by atoms with E-state index in [-0.39, 0.29) is 29.5 Å². The molecule has 3 atom stereocenters. The summed E-state index contributed by atoms with van der Waals surface area (Å²) in [4.78, 5) is 17.7. The molecule has 2 aliphatic rings. The van der Waals surface area contributed by atoms with Crippen LogP contribution in [0.3, 0.4) is 0 Å². The van der Waals surface area contributed by atoms with Crippen LogP contribution in [0.4, 0.5) is 19.3 Å². The Morgan fingerprint density at radius 2 is 2.15 bits per heavy atom. The number of nitrogen functional groups attached to an aromatic ring is 1. The lowest BCUT2D eigenvalue weighted by Gasteiger charge is -2.41. The molecule has 3 rings (SSSR count). The van der Waals surface area contributed by atoms with Crippen LogP contribution < -0.4 is 5.73 Å². The molecule has 1 aliphatic carbocycles. The van der Waals surface area contributed by atoms with Crippen molar-refractivity contribution in [2.45, 2.75) is 50.9 Å². The van der Waals surface area contributed by atoms with Crippen LogP contribution in [0.1, 0.15) is 39.2 Å². The van der Waals surface area contributed by atoms with E-state index in [4.69, 9.17) is 5.73 Å². The minimum Gasteiger partial charge on any atom is -0.465 e. The van der Waals surface area contributed by atoms with E-state index < -0.39 is 29.2 Å². The number of rotatable bonds is 1. The number of carboxylic acid groups (broad SMARTS) is 1. The van der Waals surface area contributed by atoms with Crippen LogP contribution >= 0.6 is 11.8 Å². The third-order valence-corrected chi connectivity index (χ3v) is 6.07. The van der Waals surface area contributed by atoms with Crippen LogP contribution in [0, 0.1) is 11.7 Å². The van der Waals surface area contributed by atoms with E-state index in [1.165, 1.54) is 34.9 Å². The normalized spacial score (nSPS) is 28.4. The first-order valence-corrected chi connectivity index (χ1v) is 9.48. The number of aliphatic imine (C=N–C) groups is 1. The summed E-state index contributed by atoms with van der Waals surface area (Å²) in [5.74, 6) is -0.225. The van der Waals surface area contributed by atoms with Crippen molar-refractivity contribution >= 4 is 28.7 Å². The molecule has 0 bridgehead atoms. The van der Waals surface area contributed by atoms with Crippen molar-refractivity contribution in [2.75, 3.05) is 11.5 Å². The first kappa shape index (κ1) is 18.9. The van der Waals surface area contributed by atoms with E-state index in [0.717, 1.165) is 0 Å². The Balaban J connectivity index is 2.18. The Kier molecular flexibility index (Phi) is 4.67. The number of nitrogens with two attached hydrogens (primary N) is 1. The molecule has 0 unspecified atom stereocenters. The van der Waals surface area contributed by atoms with Crippen LogP contribution in [-0.4, -0.2) is 38.7 Å². The number of benzene rings is 1. The van der Waals surface area contributed by atoms with Gasteiger partial charge in [0, 0.05) is 34.9 Å². The predicted molar refractivity (Wildman–Crippen MR) is 99.6 cm³/mol. The van der Waals surface area contributed by atoms with Gasteiger partial charge < -0.3 is 10.8 Å². The standard InChI is InChI=1S/C18H23F2N3O2S/c1-17(2,3)23(16(24)25)15-22-18(8-11(19)6-10(18)9-26-15)13-7-12(21)4-5-14(13)20/h4-5,7,10-11H,6,8-9,21H2,1-3H3,(H,24,25)/t10-,11+,18-/m0/s1. The fourth-order valence-electron chi connectivity index (χ4n) is 3.85. The molecule has 1 aromatic carbocycles. The van der Waals surface area contributed by atoms with Gasteiger partial charge in [0.15, 0.2) is 5.17 Å². The molecule has 1 heterocycles. The summed E-state index contributed by atoms with van der Waals surface area (Å²) in [7, 11) is 0. The highest BCUT2D eigenvalue weighted by Gasteiger charge is 2.53. The van der Waals surface area contributed by atoms with E-state index in [9.17, 15) is 18.7 Å². The van der Waals surface area contributed by atoms with Crippen LogP contribution in [0.15, 0.2) is 23.2 Å². The van der Waals surface area contributed by atoms with Gasteiger partial charge in [0.25, 0.3) is 0 Å². The van der Waals surface area contributed by atoms with Gasteiger partial charge in [-0.3, -0.25) is 4.90 Å². The summed E-state index contributed by atoms with van der Waals surface area (Å²) in [5, 5.41) is 9.95. The molecule has 3 N–H and O–H groups in total. The summed E-state index contributed by atoms with van der Waals surface area (Å²) >= 11 is 1.28. The second kappa shape index (κ2) is 6.40. The lowest BCUT2D eigenvalue weighted by Crippen LogP contribution is -2.50. The highest BCUT2D eigenvalue weighted by molar-refractivity contribution is 8.13. The highest BCUT2D eigenvalue weighted by atomic mass is 32.2. The number of anilines is 1. The number of amides is 1. The third-order valence-electron chi connectivity index (χ3n) is 4.97. The molecule has 142 valence electrons. The molecule has 0 aromatic heterocycles. The Hall–Kier alpha value is -1.83. The van der Waals surface area contributed by atoms with Gasteiger partial charge in [-0.05, 0) is 45.4 Å². The monoisotopic (exact) mass is 383 g/mol. The highest BCUT2D eigenvalue weighted by Crippen LogP contribution is 2.53. The molecular formula is C18H23F2N3O2S. The van der Waals surface area contributed by atoms with Crippen molar-refractivity contribution in [1.29, 1.82) is 0 Å². The van der Waals surface area contributed by atoms with E-state index in [1.807, 2.05) is 0 Å². The molecular weight excluding hydrogens is 360 g/mol. The second-order valence-electron chi connectivity index (χ2n) is 7.89. The van der Waals surface area contributed by atoms with Crippen LogP contribution in [-0.2, 0) is 5.54 Å². The minimum atomic E-state index is -1.14. The van der Waals surface area contributed by atoms with Crippen molar-refractivity contribution in [2.24, 2.45) is 10.9 Å². The largest absolute Gasteiger partial charge is 0.465 e. The molecule has 1 amide bonds. The summed E-state index contributed by atoms with van der Waals surface area (Å²) in [6.45, 7) is 5.28. The molecule has 0 spiro atoms. The average molecular weight is 383 g/mol. The van der Waals surface area contributed by atoms with Crippen molar-refractivity contribution in [3.63, 3.8) is 0 Å². The Labute approximate surface area is 155 Å². The van der Waals surface area contributed by atoms with Crippen LogP contribution in [0.5, 0.6) is 0 Å². The predicted octanol–water partition coefficient (Wildman–Crippen LogP) is 4.23. The first-order chi connectivity index (χ1) is 12.0. The quantitative estimate of drug-likeness (QED) is 0.711. The Morgan fingerprint density at radius 1 is 1.46 bits per heavy atom. The summed E-state index contributed by atoms with van der Waals surface area (Å²) < 4.78 is 29.0. The summed E-state index contributed by atoms with van der Waals surface area (Å²) in [6.07, 6.45) is -1.95. The SMILES string of the molecule is CC(C)(C)N(C(=O)O)C1=N[C@@]2(c3cc(N)ccc3F)C[C@H](F)C[C@H]2CS1. The molecule has 8 heteroatoms. The zero-order valence-electron chi connectivity index (χ0n) is 15.0. The number of hydrogen-bond acceptors (Lipinski definition) is 4. The Bertz CT molecular complexity index is 765. The number of alkyl halides is 1. The van der Waals surface area contributed by atoms with Gasteiger partial charge in [-0.1, -0.05) is 11.8 Å². The molecule has 1 fully saturated rings. The minimum absolute atomic E-state index is 0.0275. The van der Waals surface area contributed by atoms with E-state index in [2.05, 4.69) is 4.99 Å². The Morgan fingerprint density at radius 3 is 2.77 bits per heavy atom. The molecule has 26 heavy (non-hydrogen) atoms. The lowest BCUT2D eigenvalue weighted by molar-refractivity contribution is 0.141. The van der Waals surface area contributed by atoms with Crippen LogP contribution in [0.2, 0.25) is 0 Å². The maximum Gasteiger partial charge on any atom is 0.413 e. The van der Waals surface area contributed by atoms with Gasteiger partial charge in [0.2, 0.25) is 0 Å². The molecule has 1 saturated carbocycles. The molecule has 0 saturated heterocycles. The zero-order valence-corrected chi connectivity index (χ0v) is 15.8. The fraction of sp³-hybridized carbons (Fsp3) is 0.556. The van der Waals surface area contributed by atoms with Gasteiger partial charge in [-0.15, -0.1) is 0 Å². The smallest absolute Gasteiger partial charge is 0.413 e. The number of halogens is 2. The van der Waals surface area contributed by atoms with Crippen molar-refractivity contribution in [3.8, 4) is 0 Å². The van der Waals surface area contributed by atoms with Gasteiger partial charge in [-0.2, -0.15) is 0 Å². The maximum atomic E-state index is 14.7. The number of hydrogen-bond donors (Lipinski definition) is 2. The molecule has 0 radical (unpaired) electrons. The van der Waals surface area contributed by atoms with Gasteiger partial charge >= 0.3 is 6.09 Å². The number of nitrogens with zero attached hydrogens (tertiary/aromatic N) is 2. The van der Waals surface area contributed by atoms with E-state index >= 15 is 0 Å². The van der Waals surface area contributed by atoms with Crippen LogP contribution in [0.25, 0.3) is 0 Å². The summed E-state index contributed by atoms with van der Waals surface area (Å²) in [5.41, 5.74) is 4.61. The van der Waals surface area contributed by atoms with Gasteiger partial charge in [0.05, 0.1) is 5.54 Å². The maximum absolute atomic E-state index is 14.7. The molecule has 5 nitrogen and oxygen atoms in total. The van der Waals surface area contributed by atoms with E-state index in [1.54, 1.807) is 20.8 Å². The first-order valence-electron chi connectivity index (χ1n) is 8.50.